The van der Waals surface area contributed by atoms with E-state index >= 15 is 0 Å². The van der Waals surface area contributed by atoms with Gasteiger partial charge < -0.3 is 10.5 Å². The highest BCUT2D eigenvalue weighted by molar-refractivity contribution is 6.32. The number of nitrogens with two attached hydrogens (primary N) is 1. The monoisotopic (exact) mass is 272 g/mol. The number of amides is 1. The summed E-state index contributed by atoms with van der Waals surface area (Å²) in [4.78, 5) is 11.0. The predicted octanol–water partition coefficient (Wildman–Crippen LogP) is 3.10. The molecule has 0 bridgehead atoms. The molecule has 1 amide bonds. The number of benzene rings is 2. The van der Waals surface area contributed by atoms with Crippen molar-refractivity contribution >= 4 is 17.5 Å². The Kier molecular flexibility index (Phi) is 3.69. The van der Waals surface area contributed by atoms with Crippen molar-refractivity contribution in [1.29, 1.82) is 5.26 Å². The lowest BCUT2D eigenvalue weighted by molar-refractivity contribution is 0.100. The number of rotatable bonds is 3. The van der Waals surface area contributed by atoms with Crippen molar-refractivity contribution in [2.24, 2.45) is 5.73 Å². The van der Waals surface area contributed by atoms with Crippen molar-refractivity contribution in [1.82, 2.24) is 0 Å². The molecule has 0 aliphatic carbocycles. The summed E-state index contributed by atoms with van der Waals surface area (Å²) in [6.07, 6.45) is 0. The second kappa shape index (κ2) is 5.42. The number of carbonyl (C=O) groups excluding carboxylic acids is 1. The summed E-state index contributed by atoms with van der Waals surface area (Å²) in [7, 11) is 0. The molecule has 2 rings (SSSR count). The van der Waals surface area contributed by atoms with E-state index in [2.05, 4.69) is 0 Å². The molecule has 2 N–H and O–H groups in total. The minimum Gasteiger partial charge on any atom is -0.454 e. The first kappa shape index (κ1) is 12.9. The number of carbonyl (C=O) groups is 1. The molecule has 0 spiro atoms. The Balaban J connectivity index is 2.34. The van der Waals surface area contributed by atoms with Crippen molar-refractivity contribution in [2.75, 3.05) is 0 Å². The Morgan fingerprint density at radius 3 is 2.58 bits per heavy atom. The molecular formula is C14H9ClN2O2. The summed E-state index contributed by atoms with van der Waals surface area (Å²) in [5.74, 6) is 0.193. The van der Waals surface area contributed by atoms with Crippen LogP contribution in [0.15, 0.2) is 42.5 Å². The summed E-state index contributed by atoms with van der Waals surface area (Å²) in [6.45, 7) is 0. The van der Waals surface area contributed by atoms with Gasteiger partial charge in [0.15, 0.2) is 0 Å². The third-order valence-electron chi connectivity index (χ3n) is 2.44. The summed E-state index contributed by atoms with van der Waals surface area (Å²) >= 11 is 6.00. The van der Waals surface area contributed by atoms with Crippen molar-refractivity contribution in [3.8, 4) is 17.6 Å². The van der Waals surface area contributed by atoms with E-state index in [-0.39, 0.29) is 5.02 Å². The number of nitrogens with zero attached hydrogens (tertiary/aromatic N) is 1. The van der Waals surface area contributed by atoms with Crippen LogP contribution in [0.4, 0.5) is 0 Å². The highest BCUT2D eigenvalue weighted by atomic mass is 35.5. The van der Waals surface area contributed by atoms with Crippen LogP contribution >= 0.6 is 11.6 Å². The molecule has 0 saturated carbocycles. The van der Waals surface area contributed by atoms with E-state index in [1.165, 1.54) is 18.2 Å². The molecule has 2 aromatic carbocycles. The van der Waals surface area contributed by atoms with Gasteiger partial charge >= 0.3 is 0 Å². The lowest BCUT2D eigenvalue weighted by Crippen LogP contribution is -2.10. The molecule has 0 atom stereocenters. The van der Waals surface area contributed by atoms with Crippen molar-refractivity contribution in [2.45, 2.75) is 0 Å². The average Bonchev–Trinajstić information content (AvgIpc) is 2.41. The molecule has 19 heavy (non-hydrogen) atoms. The summed E-state index contributed by atoms with van der Waals surface area (Å²) in [5.41, 5.74) is 5.85. The van der Waals surface area contributed by atoms with Gasteiger partial charge in [0, 0.05) is 5.56 Å². The maximum absolute atomic E-state index is 11.0. The zero-order valence-electron chi connectivity index (χ0n) is 9.76. The minimum absolute atomic E-state index is 0.254. The Hall–Kier alpha value is -2.51. The molecule has 0 unspecified atom stereocenters. The van der Waals surface area contributed by atoms with Gasteiger partial charge in [-0.3, -0.25) is 4.79 Å². The normalized spacial score (nSPS) is 9.68. The maximum atomic E-state index is 11.0. The van der Waals surface area contributed by atoms with Crippen molar-refractivity contribution < 1.29 is 9.53 Å². The van der Waals surface area contributed by atoms with Gasteiger partial charge in [0.25, 0.3) is 0 Å². The number of para-hydroxylation sites is 1. The molecule has 0 saturated heterocycles. The van der Waals surface area contributed by atoms with E-state index in [4.69, 9.17) is 27.3 Å². The fraction of sp³-hybridized carbons (Fsp3) is 0. The van der Waals surface area contributed by atoms with E-state index in [0.717, 1.165) is 0 Å². The van der Waals surface area contributed by atoms with Crippen LogP contribution in [-0.4, -0.2) is 5.91 Å². The Morgan fingerprint density at radius 1 is 1.21 bits per heavy atom. The van der Waals surface area contributed by atoms with Gasteiger partial charge in [-0.15, -0.1) is 0 Å². The molecule has 0 aliphatic rings. The highest BCUT2D eigenvalue weighted by Gasteiger charge is 2.09. The molecule has 4 nitrogen and oxygen atoms in total. The largest absolute Gasteiger partial charge is 0.454 e. The second-order valence-electron chi connectivity index (χ2n) is 3.72. The fourth-order valence-corrected chi connectivity index (χ4v) is 1.72. The molecule has 0 radical (unpaired) electrons. The van der Waals surface area contributed by atoms with Crippen LogP contribution in [0.3, 0.4) is 0 Å². The van der Waals surface area contributed by atoms with E-state index in [9.17, 15) is 4.79 Å². The molecule has 0 heterocycles. The van der Waals surface area contributed by atoms with E-state index in [1.54, 1.807) is 24.3 Å². The van der Waals surface area contributed by atoms with Crippen LogP contribution in [0.5, 0.6) is 11.5 Å². The van der Waals surface area contributed by atoms with Gasteiger partial charge in [0.1, 0.15) is 17.6 Å². The standard InChI is InChI=1S/C14H9ClN2O2/c15-11-7-9(14(17)18)5-6-13(11)19-12-4-2-1-3-10(12)8-16/h1-7H,(H2,17,18). The first-order valence-electron chi connectivity index (χ1n) is 5.38. The third-order valence-corrected chi connectivity index (χ3v) is 2.74. The van der Waals surface area contributed by atoms with Crippen LogP contribution < -0.4 is 10.5 Å². The van der Waals surface area contributed by atoms with Crippen LogP contribution in [0, 0.1) is 11.3 Å². The number of hydrogen-bond acceptors (Lipinski definition) is 3. The quantitative estimate of drug-likeness (QED) is 0.933. The maximum Gasteiger partial charge on any atom is 0.248 e. The SMILES string of the molecule is N#Cc1ccccc1Oc1ccc(C(N)=O)cc1Cl. The first-order chi connectivity index (χ1) is 9.11. The molecule has 2 aromatic rings. The smallest absolute Gasteiger partial charge is 0.248 e. The van der Waals surface area contributed by atoms with Crippen molar-refractivity contribution in [3.05, 3.63) is 58.6 Å². The van der Waals surface area contributed by atoms with Crippen LogP contribution in [0.2, 0.25) is 5.02 Å². The number of ether oxygens (including phenoxy) is 1. The van der Waals surface area contributed by atoms with Crippen molar-refractivity contribution in [3.63, 3.8) is 0 Å². The molecular weight excluding hydrogens is 264 g/mol. The summed E-state index contributed by atoms with van der Waals surface area (Å²) < 4.78 is 5.56. The van der Waals surface area contributed by atoms with Crippen LogP contribution in [0.1, 0.15) is 15.9 Å². The molecule has 0 aromatic heterocycles. The van der Waals surface area contributed by atoms with Crippen LogP contribution in [-0.2, 0) is 0 Å². The fourth-order valence-electron chi connectivity index (χ4n) is 1.50. The topological polar surface area (TPSA) is 76.1 Å². The van der Waals surface area contributed by atoms with Gasteiger partial charge in [-0.25, -0.2) is 0 Å². The van der Waals surface area contributed by atoms with Gasteiger partial charge in [-0.1, -0.05) is 23.7 Å². The number of hydrogen-bond donors (Lipinski definition) is 1. The Morgan fingerprint density at radius 2 is 1.95 bits per heavy atom. The van der Waals surface area contributed by atoms with Gasteiger partial charge in [-0.2, -0.15) is 5.26 Å². The zero-order chi connectivity index (χ0) is 13.8. The Labute approximate surface area is 115 Å². The Bertz CT molecular complexity index is 677. The second-order valence-corrected chi connectivity index (χ2v) is 4.13. The summed E-state index contributed by atoms with van der Waals surface area (Å²) in [5, 5.41) is 9.21. The third kappa shape index (κ3) is 2.84. The first-order valence-corrected chi connectivity index (χ1v) is 5.76. The molecule has 0 aliphatic heterocycles. The highest BCUT2D eigenvalue weighted by Crippen LogP contribution is 2.31. The number of halogens is 1. The average molecular weight is 273 g/mol. The van der Waals surface area contributed by atoms with E-state index in [0.29, 0.717) is 22.6 Å². The minimum atomic E-state index is -0.564. The lowest BCUT2D eigenvalue weighted by atomic mass is 10.2. The van der Waals surface area contributed by atoms with E-state index in [1.807, 2.05) is 6.07 Å². The van der Waals surface area contributed by atoms with Gasteiger partial charge in [0.05, 0.1) is 10.6 Å². The lowest BCUT2D eigenvalue weighted by Gasteiger charge is -2.09. The number of nitriles is 1. The summed E-state index contributed by atoms with van der Waals surface area (Å²) in [6, 6.07) is 13.3. The van der Waals surface area contributed by atoms with E-state index < -0.39 is 5.91 Å². The van der Waals surface area contributed by atoms with Gasteiger partial charge in [0.2, 0.25) is 5.91 Å². The molecule has 94 valence electrons. The predicted molar refractivity (Wildman–Crippen MR) is 71.2 cm³/mol. The van der Waals surface area contributed by atoms with Crippen LogP contribution in [0.25, 0.3) is 0 Å². The molecule has 5 heteroatoms. The van der Waals surface area contributed by atoms with Gasteiger partial charge in [-0.05, 0) is 30.3 Å². The molecule has 0 fully saturated rings. The zero-order valence-corrected chi connectivity index (χ0v) is 10.5. The number of primary amides is 1.